The van der Waals surface area contributed by atoms with Gasteiger partial charge in [-0.25, -0.2) is 18.4 Å². The van der Waals surface area contributed by atoms with E-state index in [1.807, 2.05) is 51.2 Å². The Morgan fingerprint density at radius 1 is 1.06 bits per heavy atom. The first-order valence-electron chi connectivity index (χ1n) is 11.5. The van der Waals surface area contributed by atoms with Crippen LogP contribution >= 0.6 is 11.3 Å². The molecule has 9 nitrogen and oxygen atoms in total. The van der Waals surface area contributed by atoms with Crippen molar-refractivity contribution >= 4 is 37.9 Å². The summed E-state index contributed by atoms with van der Waals surface area (Å²) in [6.07, 6.45) is 1.88. The quantitative estimate of drug-likeness (QED) is 0.416. The highest BCUT2D eigenvalue weighted by Gasteiger charge is 2.24. The van der Waals surface area contributed by atoms with Crippen LogP contribution in [-0.4, -0.2) is 59.9 Å². The molecule has 0 aliphatic carbocycles. The largest absolute Gasteiger partial charge is 0.378 e. The summed E-state index contributed by atoms with van der Waals surface area (Å²) in [4.78, 5) is 14.8. The summed E-state index contributed by atoms with van der Waals surface area (Å²) in [6, 6.07) is 9.71. The summed E-state index contributed by atoms with van der Waals surface area (Å²) in [6.45, 7) is 8.70. The van der Waals surface area contributed by atoms with Crippen LogP contribution in [0.15, 0.2) is 36.5 Å². The Labute approximate surface area is 208 Å². The molecule has 1 aliphatic rings. The van der Waals surface area contributed by atoms with Crippen molar-refractivity contribution in [3.63, 3.8) is 0 Å². The fourth-order valence-electron chi connectivity index (χ4n) is 3.91. The number of H-pyrrole nitrogens is 1. The molecular weight excluding hydrogens is 484 g/mol. The van der Waals surface area contributed by atoms with Crippen molar-refractivity contribution in [1.29, 1.82) is 0 Å². The lowest BCUT2D eigenvalue weighted by Gasteiger charge is -2.28. The van der Waals surface area contributed by atoms with Gasteiger partial charge in [0.25, 0.3) is 0 Å². The third-order valence-electron chi connectivity index (χ3n) is 5.73. The Hall–Kier alpha value is -2.89. The number of sulfone groups is 1. The van der Waals surface area contributed by atoms with Gasteiger partial charge < -0.3 is 14.6 Å². The van der Waals surface area contributed by atoms with Gasteiger partial charge in [-0.05, 0) is 24.3 Å². The molecule has 4 aromatic rings. The van der Waals surface area contributed by atoms with E-state index in [2.05, 4.69) is 25.1 Å². The smallest absolute Gasteiger partial charge is 0.162 e. The molecule has 0 saturated carbocycles. The van der Waals surface area contributed by atoms with E-state index in [-0.39, 0.29) is 16.9 Å². The molecule has 0 amide bonds. The van der Waals surface area contributed by atoms with Crippen LogP contribution in [-0.2, 0) is 31.5 Å². The number of ether oxygens (including phenoxy) is 1. The number of benzene rings is 1. The van der Waals surface area contributed by atoms with Gasteiger partial charge in [-0.2, -0.15) is 0 Å². The Bertz CT molecular complexity index is 1450. The first-order chi connectivity index (χ1) is 16.7. The van der Waals surface area contributed by atoms with Crippen LogP contribution in [0.1, 0.15) is 36.5 Å². The highest BCUT2D eigenvalue weighted by atomic mass is 32.2. The Balaban J connectivity index is 1.47. The minimum Gasteiger partial charge on any atom is -0.378 e. The molecule has 0 atom stereocenters. The molecule has 11 heteroatoms. The van der Waals surface area contributed by atoms with Crippen LogP contribution in [0.2, 0.25) is 0 Å². The van der Waals surface area contributed by atoms with E-state index in [1.165, 1.54) is 11.3 Å². The maximum absolute atomic E-state index is 13.1. The molecule has 1 aromatic carbocycles. The van der Waals surface area contributed by atoms with Gasteiger partial charge in [-0.3, -0.25) is 0 Å². The number of nitrogens with one attached hydrogen (secondary N) is 1. The standard InChI is InChI=1S/C24H28N6O3S2/c1-24(2,3)23-29-28-21(34-23)15-35(31,32)14-18-13-20(30-8-10-33-11-9-30)27-22(26-18)17-4-5-19-16(12-17)6-7-25-19/h4-7,12-13,25H,8-11,14-15H2,1-3H3. The predicted molar refractivity (Wildman–Crippen MR) is 137 cm³/mol. The van der Waals surface area contributed by atoms with E-state index in [1.54, 1.807) is 6.07 Å². The second kappa shape index (κ2) is 9.29. The van der Waals surface area contributed by atoms with Gasteiger partial charge in [-0.15, -0.1) is 10.2 Å². The highest BCUT2D eigenvalue weighted by molar-refractivity contribution is 7.89. The van der Waals surface area contributed by atoms with Crippen molar-refractivity contribution in [3.05, 3.63) is 52.2 Å². The number of rotatable bonds is 6. The summed E-state index contributed by atoms with van der Waals surface area (Å²) in [7, 11) is -3.52. The fraction of sp³-hybridized carbons (Fsp3) is 0.417. The van der Waals surface area contributed by atoms with E-state index in [0.717, 1.165) is 21.5 Å². The third-order valence-corrected chi connectivity index (χ3v) is 8.71. The summed E-state index contributed by atoms with van der Waals surface area (Å²) in [5.41, 5.74) is 2.15. The lowest BCUT2D eigenvalue weighted by Crippen LogP contribution is -2.37. The second-order valence-electron chi connectivity index (χ2n) is 9.70. The first-order valence-corrected chi connectivity index (χ1v) is 14.1. The minimum atomic E-state index is -3.52. The normalized spacial score (nSPS) is 15.1. The Morgan fingerprint density at radius 2 is 1.86 bits per heavy atom. The molecule has 0 bridgehead atoms. The van der Waals surface area contributed by atoms with Gasteiger partial charge >= 0.3 is 0 Å². The number of hydrogen-bond acceptors (Lipinski definition) is 9. The fourth-order valence-corrected chi connectivity index (χ4v) is 6.51. The molecular formula is C24H28N6O3S2. The molecule has 1 aliphatic heterocycles. The zero-order valence-corrected chi connectivity index (χ0v) is 21.6. The molecule has 1 saturated heterocycles. The van der Waals surface area contributed by atoms with Crippen molar-refractivity contribution in [2.75, 3.05) is 31.2 Å². The molecule has 35 heavy (non-hydrogen) atoms. The van der Waals surface area contributed by atoms with Gasteiger partial charge in [-0.1, -0.05) is 32.1 Å². The van der Waals surface area contributed by atoms with E-state index >= 15 is 0 Å². The second-order valence-corrected chi connectivity index (χ2v) is 12.8. The maximum atomic E-state index is 13.1. The van der Waals surface area contributed by atoms with Crippen molar-refractivity contribution < 1.29 is 13.2 Å². The molecule has 0 spiro atoms. The van der Waals surface area contributed by atoms with Crippen LogP contribution in [0.3, 0.4) is 0 Å². The van der Waals surface area contributed by atoms with Gasteiger partial charge in [0.1, 0.15) is 21.6 Å². The van der Waals surface area contributed by atoms with Gasteiger partial charge in [0.15, 0.2) is 15.7 Å². The minimum absolute atomic E-state index is 0.164. The van der Waals surface area contributed by atoms with Crippen molar-refractivity contribution in [1.82, 2.24) is 25.1 Å². The van der Waals surface area contributed by atoms with Gasteiger partial charge in [0.05, 0.1) is 24.7 Å². The van der Waals surface area contributed by atoms with E-state index < -0.39 is 9.84 Å². The molecule has 5 rings (SSSR count). The zero-order valence-electron chi connectivity index (χ0n) is 20.0. The first kappa shape index (κ1) is 23.8. The summed E-state index contributed by atoms with van der Waals surface area (Å²) >= 11 is 1.35. The number of aromatic amines is 1. The van der Waals surface area contributed by atoms with E-state index in [4.69, 9.17) is 9.72 Å². The van der Waals surface area contributed by atoms with Gasteiger partial charge in [0.2, 0.25) is 0 Å². The number of nitrogens with zero attached hydrogens (tertiary/aromatic N) is 5. The SMILES string of the molecule is CC(C)(C)c1nnc(CS(=O)(=O)Cc2cc(N3CCOCC3)nc(-c3ccc4[nH]ccc4c3)n2)s1. The summed E-state index contributed by atoms with van der Waals surface area (Å²) in [5.74, 6) is 0.857. The monoisotopic (exact) mass is 512 g/mol. The Kier molecular flexibility index (Phi) is 6.32. The summed E-state index contributed by atoms with van der Waals surface area (Å²) < 4.78 is 31.8. The predicted octanol–water partition coefficient (Wildman–Crippen LogP) is 3.73. The highest BCUT2D eigenvalue weighted by Crippen LogP contribution is 2.28. The summed E-state index contributed by atoms with van der Waals surface area (Å²) in [5, 5.41) is 10.7. The van der Waals surface area contributed by atoms with Crippen LogP contribution < -0.4 is 4.90 Å². The number of fused-ring (bicyclic) bond motifs is 1. The molecule has 184 valence electrons. The lowest BCUT2D eigenvalue weighted by molar-refractivity contribution is 0.122. The lowest BCUT2D eigenvalue weighted by atomic mass is 9.98. The van der Waals surface area contributed by atoms with E-state index in [9.17, 15) is 8.42 Å². The number of anilines is 1. The van der Waals surface area contributed by atoms with Crippen LogP contribution in [0.5, 0.6) is 0 Å². The van der Waals surface area contributed by atoms with Crippen LogP contribution in [0, 0.1) is 0 Å². The number of aromatic nitrogens is 5. The molecule has 4 heterocycles. The maximum Gasteiger partial charge on any atom is 0.162 e. The van der Waals surface area contributed by atoms with Crippen LogP contribution in [0.25, 0.3) is 22.3 Å². The van der Waals surface area contributed by atoms with Crippen molar-refractivity contribution in [2.24, 2.45) is 0 Å². The number of morpholine rings is 1. The third kappa shape index (κ3) is 5.52. The number of hydrogen-bond donors (Lipinski definition) is 1. The van der Waals surface area contributed by atoms with Gasteiger partial charge in [0, 0.05) is 47.2 Å². The average Bonchev–Trinajstić information content (AvgIpc) is 3.47. The van der Waals surface area contributed by atoms with E-state index in [0.29, 0.717) is 48.6 Å². The molecule has 0 radical (unpaired) electrons. The molecule has 1 N–H and O–H groups in total. The molecule has 3 aromatic heterocycles. The molecule has 0 unspecified atom stereocenters. The van der Waals surface area contributed by atoms with Crippen molar-refractivity contribution in [2.45, 2.75) is 37.7 Å². The van der Waals surface area contributed by atoms with Crippen molar-refractivity contribution in [3.8, 4) is 11.4 Å². The Morgan fingerprint density at radius 3 is 2.60 bits per heavy atom. The average molecular weight is 513 g/mol. The zero-order chi connectivity index (χ0) is 24.6. The molecule has 1 fully saturated rings. The topological polar surface area (TPSA) is 114 Å². The van der Waals surface area contributed by atoms with Crippen LogP contribution in [0.4, 0.5) is 5.82 Å².